The molecule has 1 unspecified atom stereocenters. The summed E-state index contributed by atoms with van der Waals surface area (Å²) in [6.45, 7) is 6.41. The van der Waals surface area contributed by atoms with Crippen LogP contribution in [0, 0.1) is 5.92 Å². The first kappa shape index (κ1) is 14.4. The van der Waals surface area contributed by atoms with Crippen molar-refractivity contribution in [3.8, 4) is 5.75 Å². The highest BCUT2D eigenvalue weighted by Gasteiger charge is 2.17. The standard InChI is InChI=1S/C17H27NO/c1-3-12-18-17(4-2)15-8-10-16(11-9-15)19-13-14-6-5-7-14/h8-11,14,17-18H,3-7,12-13H2,1-2H3. The lowest BCUT2D eigenvalue weighted by molar-refractivity contribution is 0.180. The van der Waals surface area contributed by atoms with Crippen molar-refractivity contribution in [3.05, 3.63) is 29.8 Å². The Morgan fingerprint density at radius 2 is 1.95 bits per heavy atom. The lowest BCUT2D eigenvalue weighted by Crippen LogP contribution is -2.21. The molecule has 1 aliphatic rings. The molecule has 1 N–H and O–H groups in total. The number of nitrogens with one attached hydrogen (secondary N) is 1. The molecule has 1 fully saturated rings. The summed E-state index contributed by atoms with van der Waals surface area (Å²) in [5.74, 6) is 1.82. The highest BCUT2D eigenvalue weighted by Crippen LogP contribution is 2.27. The van der Waals surface area contributed by atoms with E-state index < -0.39 is 0 Å². The summed E-state index contributed by atoms with van der Waals surface area (Å²) in [6, 6.07) is 9.11. The van der Waals surface area contributed by atoms with Crippen LogP contribution in [0.1, 0.15) is 57.6 Å². The second-order valence-electron chi connectivity index (χ2n) is 5.59. The van der Waals surface area contributed by atoms with E-state index in [2.05, 4.69) is 43.4 Å². The van der Waals surface area contributed by atoms with Crippen molar-refractivity contribution in [3.63, 3.8) is 0 Å². The molecule has 0 spiro atoms. The summed E-state index contributed by atoms with van der Waals surface area (Å²) < 4.78 is 5.84. The molecule has 0 saturated heterocycles. The lowest BCUT2D eigenvalue weighted by Gasteiger charge is -2.25. The van der Waals surface area contributed by atoms with E-state index in [0.29, 0.717) is 6.04 Å². The SMILES string of the molecule is CCCNC(CC)c1ccc(OCC2CCC2)cc1. The van der Waals surface area contributed by atoms with Crippen molar-refractivity contribution in [1.82, 2.24) is 5.32 Å². The summed E-state index contributed by atoms with van der Waals surface area (Å²) in [6.07, 6.45) is 6.38. The van der Waals surface area contributed by atoms with E-state index in [1.165, 1.54) is 31.2 Å². The minimum atomic E-state index is 0.473. The van der Waals surface area contributed by atoms with E-state index in [1.807, 2.05) is 0 Å². The third-order valence-electron chi connectivity index (χ3n) is 4.04. The van der Waals surface area contributed by atoms with Gasteiger partial charge in [0.1, 0.15) is 5.75 Å². The summed E-state index contributed by atoms with van der Waals surface area (Å²) >= 11 is 0. The predicted octanol–water partition coefficient (Wildman–Crippen LogP) is 4.32. The Kier molecular flexibility index (Phi) is 5.71. The first-order valence-electron chi connectivity index (χ1n) is 7.79. The van der Waals surface area contributed by atoms with Crippen LogP contribution in [0.25, 0.3) is 0 Å². The van der Waals surface area contributed by atoms with Crippen LogP contribution in [-0.2, 0) is 0 Å². The second kappa shape index (κ2) is 7.54. The molecule has 0 bridgehead atoms. The second-order valence-corrected chi connectivity index (χ2v) is 5.59. The maximum atomic E-state index is 5.84. The summed E-state index contributed by atoms with van der Waals surface area (Å²) in [7, 11) is 0. The van der Waals surface area contributed by atoms with Crippen LogP contribution in [0.5, 0.6) is 5.75 Å². The smallest absolute Gasteiger partial charge is 0.119 e. The molecule has 0 amide bonds. The summed E-state index contributed by atoms with van der Waals surface area (Å²) in [4.78, 5) is 0. The third-order valence-corrected chi connectivity index (χ3v) is 4.04. The molecule has 2 nitrogen and oxygen atoms in total. The van der Waals surface area contributed by atoms with Gasteiger partial charge in [0.25, 0.3) is 0 Å². The molecule has 0 heterocycles. The van der Waals surface area contributed by atoms with E-state index >= 15 is 0 Å². The Bertz CT molecular complexity index is 356. The van der Waals surface area contributed by atoms with Crippen LogP contribution >= 0.6 is 0 Å². The molecular weight excluding hydrogens is 234 g/mol. The van der Waals surface area contributed by atoms with Crippen molar-refractivity contribution < 1.29 is 4.74 Å². The number of rotatable bonds is 8. The van der Waals surface area contributed by atoms with Crippen LogP contribution in [0.3, 0.4) is 0 Å². The van der Waals surface area contributed by atoms with Crippen molar-refractivity contribution >= 4 is 0 Å². The Labute approximate surface area is 117 Å². The minimum absolute atomic E-state index is 0.473. The predicted molar refractivity (Wildman–Crippen MR) is 80.6 cm³/mol. The van der Waals surface area contributed by atoms with E-state index in [0.717, 1.165) is 31.2 Å². The normalized spacial score (nSPS) is 16.9. The maximum absolute atomic E-state index is 5.84. The fourth-order valence-corrected chi connectivity index (χ4v) is 2.49. The van der Waals surface area contributed by atoms with Gasteiger partial charge in [-0.1, -0.05) is 32.4 Å². The van der Waals surface area contributed by atoms with E-state index in [-0.39, 0.29) is 0 Å². The van der Waals surface area contributed by atoms with Gasteiger partial charge in [-0.05, 0) is 55.8 Å². The molecule has 106 valence electrons. The summed E-state index contributed by atoms with van der Waals surface area (Å²) in [5.41, 5.74) is 1.37. The fraction of sp³-hybridized carbons (Fsp3) is 0.647. The first-order valence-corrected chi connectivity index (χ1v) is 7.79. The van der Waals surface area contributed by atoms with Crippen LogP contribution in [0.2, 0.25) is 0 Å². The van der Waals surface area contributed by atoms with Gasteiger partial charge < -0.3 is 10.1 Å². The average Bonchev–Trinajstić information content (AvgIpc) is 2.39. The fourth-order valence-electron chi connectivity index (χ4n) is 2.49. The molecule has 2 heteroatoms. The molecule has 1 aromatic carbocycles. The van der Waals surface area contributed by atoms with Gasteiger partial charge >= 0.3 is 0 Å². The largest absolute Gasteiger partial charge is 0.493 e. The van der Waals surface area contributed by atoms with Crippen LogP contribution in [0.4, 0.5) is 0 Å². The number of benzene rings is 1. The number of hydrogen-bond donors (Lipinski definition) is 1. The molecule has 1 aliphatic carbocycles. The highest BCUT2D eigenvalue weighted by molar-refractivity contribution is 5.29. The lowest BCUT2D eigenvalue weighted by atomic mass is 9.86. The van der Waals surface area contributed by atoms with Gasteiger partial charge in [0.15, 0.2) is 0 Å². The first-order chi connectivity index (χ1) is 9.33. The van der Waals surface area contributed by atoms with Crippen LogP contribution in [-0.4, -0.2) is 13.2 Å². The van der Waals surface area contributed by atoms with Gasteiger partial charge in [-0.3, -0.25) is 0 Å². The third kappa shape index (κ3) is 4.24. The highest BCUT2D eigenvalue weighted by atomic mass is 16.5. The number of ether oxygens (including phenoxy) is 1. The Morgan fingerprint density at radius 1 is 1.21 bits per heavy atom. The molecular formula is C17H27NO. The Morgan fingerprint density at radius 3 is 2.47 bits per heavy atom. The molecule has 1 aromatic rings. The van der Waals surface area contributed by atoms with E-state index in [4.69, 9.17) is 4.74 Å². The van der Waals surface area contributed by atoms with Gasteiger partial charge in [-0.2, -0.15) is 0 Å². The number of hydrogen-bond acceptors (Lipinski definition) is 2. The van der Waals surface area contributed by atoms with Crippen LogP contribution < -0.4 is 10.1 Å². The molecule has 1 saturated carbocycles. The maximum Gasteiger partial charge on any atom is 0.119 e. The zero-order valence-electron chi connectivity index (χ0n) is 12.3. The molecule has 1 atom stereocenters. The van der Waals surface area contributed by atoms with E-state index in [1.54, 1.807) is 0 Å². The summed E-state index contributed by atoms with van der Waals surface area (Å²) in [5, 5.41) is 3.58. The monoisotopic (exact) mass is 261 g/mol. The quantitative estimate of drug-likeness (QED) is 0.752. The van der Waals surface area contributed by atoms with Gasteiger partial charge in [0.2, 0.25) is 0 Å². The topological polar surface area (TPSA) is 21.3 Å². The molecule has 0 radical (unpaired) electrons. The van der Waals surface area contributed by atoms with Gasteiger partial charge in [-0.15, -0.1) is 0 Å². The molecule has 2 rings (SSSR count). The average molecular weight is 261 g/mol. The van der Waals surface area contributed by atoms with Crippen molar-refractivity contribution in [2.75, 3.05) is 13.2 Å². The Hall–Kier alpha value is -1.02. The van der Waals surface area contributed by atoms with Gasteiger partial charge in [-0.25, -0.2) is 0 Å². The van der Waals surface area contributed by atoms with Crippen molar-refractivity contribution in [1.29, 1.82) is 0 Å². The van der Waals surface area contributed by atoms with Gasteiger partial charge in [0.05, 0.1) is 6.61 Å². The molecule has 0 aliphatic heterocycles. The minimum Gasteiger partial charge on any atom is -0.493 e. The van der Waals surface area contributed by atoms with Crippen LogP contribution in [0.15, 0.2) is 24.3 Å². The van der Waals surface area contributed by atoms with E-state index in [9.17, 15) is 0 Å². The zero-order chi connectivity index (χ0) is 13.5. The zero-order valence-corrected chi connectivity index (χ0v) is 12.3. The molecule has 0 aromatic heterocycles. The molecule has 19 heavy (non-hydrogen) atoms. The Balaban J connectivity index is 1.84. The van der Waals surface area contributed by atoms with Gasteiger partial charge in [0, 0.05) is 6.04 Å². The van der Waals surface area contributed by atoms with Crippen molar-refractivity contribution in [2.24, 2.45) is 5.92 Å². The van der Waals surface area contributed by atoms with Crippen molar-refractivity contribution in [2.45, 2.75) is 52.0 Å².